The minimum Gasteiger partial charge on any atom is -0.370 e. The average molecular weight is 370 g/mol. The third-order valence-electron chi connectivity index (χ3n) is 2.58. The highest BCUT2D eigenvalue weighted by molar-refractivity contribution is 14.0. The molecular weight excluding hydrogens is 351 g/mol. The van der Waals surface area contributed by atoms with Crippen molar-refractivity contribution >= 4 is 40.8 Å². The van der Waals surface area contributed by atoms with Crippen LogP contribution in [0.3, 0.4) is 0 Å². The van der Waals surface area contributed by atoms with Gasteiger partial charge in [-0.25, -0.2) is 4.99 Å². The lowest BCUT2D eigenvalue weighted by atomic mass is 10.2. The Morgan fingerprint density at radius 3 is 2.84 bits per heavy atom. The molecule has 4 nitrogen and oxygen atoms in total. The van der Waals surface area contributed by atoms with Gasteiger partial charge in [-0.15, -0.1) is 24.0 Å². The maximum atomic E-state index is 5.75. The van der Waals surface area contributed by atoms with E-state index in [-0.39, 0.29) is 24.0 Å². The zero-order valence-electron chi connectivity index (χ0n) is 10.9. The summed E-state index contributed by atoms with van der Waals surface area (Å²) in [5, 5.41) is 4.19. The molecular formula is C14H19IN4. The van der Waals surface area contributed by atoms with Crippen molar-refractivity contribution < 1.29 is 0 Å². The molecule has 0 radical (unpaired) electrons. The van der Waals surface area contributed by atoms with Gasteiger partial charge >= 0.3 is 0 Å². The first-order valence-corrected chi connectivity index (χ1v) is 5.90. The van der Waals surface area contributed by atoms with Crippen molar-refractivity contribution in [3.05, 3.63) is 48.2 Å². The van der Waals surface area contributed by atoms with Crippen LogP contribution in [0, 0.1) is 0 Å². The first kappa shape index (κ1) is 15.6. The molecule has 0 amide bonds. The quantitative estimate of drug-likeness (QED) is 0.335. The highest BCUT2D eigenvalue weighted by Gasteiger charge is 1.99. The minimum atomic E-state index is 0. The van der Waals surface area contributed by atoms with Crippen molar-refractivity contribution in [1.29, 1.82) is 0 Å². The average Bonchev–Trinajstić information content (AvgIpc) is 2.76. The van der Waals surface area contributed by atoms with E-state index in [0.29, 0.717) is 19.0 Å². The molecule has 0 saturated carbocycles. The number of nitrogens with two attached hydrogens (primary N) is 1. The second-order valence-electron chi connectivity index (χ2n) is 4.39. The summed E-state index contributed by atoms with van der Waals surface area (Å²) >= 11 is 0. The molecule has 1 aromatic heterocycles. The minimum absolute atomic E-state index is 0. The zero-order chi connectivity index (χ0) is 13.0. The summed E-state index contributed by atoms with van der Waals surface area (Å²) in [7, 11) is 0. The second kappa shape index (κ2) is 7.18. The van der Waals surface area contributed by atoms with Crippen molar-refractivity contribution in [3.63, 3.8) is 0 Å². The van der Waals surface area contributed by atoms with Crippen molar-refractivity contribution in [1.82, 2.24) is 10.3 Å². The number of nitrogens with zero attached hydrogens (tertiary/aromatic N) is 1. The van der Waals surface area contributed by atoms with Gasteiger partial charge < -0.3 is 16.0 Å². The van der Waals surface area contributed by atoms with E-state index >= 15 is 0 Å². The van der Waals surface area contributed by atoms with Gasteiger partial charge in [0.05, 0.1) is 6.54 Å². The monoisotopic (exact) mass is 370 g/mol. The molecule has 2 aromatic rings. The number of hydrogen-bond acceptors (Lipinski definition) is 1. The molecule has 5 heteroatoms. The third kappa shape index (κ3) is 4.59. The van der Waals surface area contributed by atoms with Crippen LogP contribution in [0.25, 0.3) is 10.9 Å². The standard InChI is InChI=1S/C14H18N4.HI/c1-10(2)8-16-14(15)17-9-12-7-11-5-3-4-6-13(11)18-12;/h3-7,18H,1,8-9H2,2H3,(H3,15,16,17);1H. The number of halogens is 1. The Morgan fingerprint density at radius 1 is 1.42 bits per heavy atom. The highest BCUT2D eigenvalue weighted by atomic mass is 127. The number of guanidine groups is 1. The Kier molecular flexibility index (Phi) is 5.88. The number of H-pyrrole nitrogens is 1. The Labute approximate surface area is 130 Å². The molecule has 0 aliphatic carbocycles. The first-order chi connectivity index (χ1) is 8.65. The number of hydrogen-bond donors (Lipinski definition) is 3. The van der Waals surface area contributed by atoms with E-state index in [1.807, 2.05) is 25.1 Å². The number of fused-ring (bicyclic) bond motifs is 1. The lowest BCUT2D eigenvalue weighted by Gasteiger charge is -2.03. The number of benzene rings is 1. The molecule has 0 saturated heterocycles. The molecule has 0 fully saturated rings. The van der Waals surface area contributed by atoms with Crippen molar-refractivity contribution in [2.24, 2.45) is 10.7 Å². The summed E-state index contributed by atoms with van der Waals surface area (Å²) < 4.78 is 0. The van der Waals surface area contributed by atoms with Crippen LogP contribution in [0.1, 0.15) is 12.6 Å². The summed E-state index contributed by atoms with van der Waals surface area (Å²) in [6, 6.07) is 10.2. The fourth-order valence-electron chi connectivity index (χ4n) is 1.69. The fraction of sp³-hybridized carbons (Fsp3) is 0.214. The Bertz CT molecular complexity index is 553. The van der Waals surface area contributed by atoms with Gasteiger partial charge in [-0.05, 0) is 24.4 Å². The van der Waals surface area contributed by atoms with Crippen LogP contribution in [-0.2, 0) is 6.54 Å². The van der Waals surface area contributed by atoms with E-state index in [1.165, 1.54) is 5.39 Å². The summed E-state index contributed by atoms with van der Waals surface area (Å²) in [5.41, 5.74) is 8.95. The van der Waals surface area contributed by atoms with Gasteiger partial charge in [0.1, 0.15) is 0 Å². The summed E-state index contributed by atoms with van der Waals surface area (Å²) in [6.07, 6.45) is 0. The molecule has 102 valence electrons. The maximum Gasteiger partial charge on any atom is 0.189 e. The topological polar surface area (TPSA) is 66.2 Å². The van der Waals surface area contributed by atoms with Gasteiger partial charge in [-0.2, -0.15) is 0 Å². The van der Waals surface area contributed by atoms with Crippen LogP contribution in [-0.4, -0.2) is 17.5 Å². The smallest absolute Gasteiger partial charge is 0.189 e. The molecule has 0 atom stereocenters. The lowest BCUT2D eigenvalue weighted by Crippen LogP contribution is -2.32. The van der Waals surface area contributed by atoms with Crippen LogP contribution in [0.15, 0.2) is 47.5 Å². The molecule has 0 unspecified atom stereocenters. The molecule has 4 N–H and O–H groups in total. The van der Waals surface area contributed by atoms with E-state index in [1.54, 1.807) is 0 Å². The van der Waals surface area contributed by atoms with E-state index in [4.69, 9.17) is 5.73 Å². The Hall–Kier alpha value is -1.50. The number of aliphatic imine (C=N–C) groups is 1. The molecule has 0 spiro atoms. The molecule has 2 rings (SSSR count). The zero-order valence-corrected chi connectivity index (χ0v) is 13.3. The number of nitrogens with one attached hydrogen (secondary N) is 2. The van der Waals surface area contributed by atoms with Crippen molar-refractivity contribution in [3.8, 4) is 0 Å². The van der Waals surface area contributed by atoms with Crippen LogP contribution >= 0.6 is 24.0 Å². The number of para-hydroxylation sites is 1. The van der Waals surface area contributed by atoms with Crippen LogP contribution in [0.4, 0.5) is 0 Å². The number of aromatic nitrogens is 1. The van der Waals surface area contributed by atoms with Gasteiger partial charge in [0, 0.05) is 17.8 Å². The molecule has 0 aliphatic heterocycles. The molecule has 0 aliphatic rings. The van der Waals surface area contributed by atoms with E-state index < -0.39 is 0 Å². The van der Waals surface area contributed by atoms with E-state index in [9.17, 15) is 0 Å². The number of aromatic amines is 1. The summed E-state index contributed by atoms with van der Waals surface area (Å²) in [6.45, 7) is 6.94. The van der Waals surface area contributed by atoms with E-state index in [0.717, 1.165) is 16.8 Å². The van der Waals surface area contributed by atoms with Gasteiger partial charge in [0.25, 0.3) is 0 Å². The van der Waals surface area contributed by atoms with Gasteiger partial charge in [0.2, 0.25) is 0 Å². The summed E-state index contributed by atoms with van der Waals surface area (Å²) in [5.74, 6) is 0.441. The Morgan fingerprint density at radius 2 is 2.16 bits per heavy atom. The summed E-state index contributed by atoms with van der Waals surface area (Å²) in [4.78, 5) is 7.58. The van der Waals surface area contributed by atoms with E-state index in [2.05, 4.69) is 34.0 Å². The molecule has 19 heavy (non-hydrogen) atoms. The highest BCUT2D eigenvalue weighted by Crippen LogP contribution is 2.14. The Balaban J connectivity index is 0.00000180. The molecule has 0 bridgehead atoms. The number of rotatable bonds is 4. The predicted molar refractivity (Wildman–Crippen MR) is 91.9 cm³/mol. The maximum absolute atomic E-state index is 5.75. The molecule has 1 heterocycles. The fourth-order valence-corrected chi connectivity index (χ4v) is 1.69. The van der Waals surface area contributed by atoms with Crippen LogP contribution in [0.2, 0.25) is 0 Å². The normalized spacial score (nSPS) is 11.1. The second-order valence-corrected chi connectivity index (χ2v) is 4.39. The van der Waals surface area contributed by atoms with Crippen molar-refractivity contribution in [2.75, 3.05) is 6.54 Å². The lowest BCUT2D eigenvalue weighted by molar-refractivity contribution is 0.930. The largest absolute Gasteiger partial charge is 0.370 e. The molecule has 1 aromatic carbocycles. The predicted octanol–water partition coefficient (Wildman–Crippen LogP) is 2.77. The third-order valence-corrected chi connectivity index (χ3v) is 2.58. The SMILES string of the molecule is C=C(C)CNC(N)=NCc1cc2ccccc2[nH]1.I. The van der Waals surface area contributed by atoms with Crippen LogP contribution in [0.5, 0.6) is 0 Å². The van der Waals surface area contributed by atoms with Gasteiger partial charge in [-0.1, -0.05) is 30.4 Å². The van der Waals surface area contributed by atoms with Gasteiger partial charge in [-0.3, -0.25) is 0 Å². The van der Waals surface area contributed by atoms with Crippen molar-refractivity contribution in [2.45, 2.75) is 13.5 Å². The van der Waals surface area contributed by atoms with Crippen LogP contribution < -0.4 is 11.1 Å². The van der Waals surface area contributed by atoms with Gasteiger partial charge in [0.15, 0.2) is 5.96 Å². The first-order valence-electron chi connectivity index (χ1n) is 5.90.